The van der Waals surface area contributed by atoms with Gasteiger partial charge in [-0.05, 0) is 61.9 Å². The Balaban J connectivity index is 1.56. The van der Waals surface area contributed by atoms with Crippen molar-refractivity contribution in [2.24, 2.45) is 0 Å². The molecule has 0 unspecified atom stereocenters. The van der Waals surface area contributed by atoms with E-state index in [0.717, 1.165) is 11.3 Å². The molecule has 2 aromatic carbocycles. The van der Waals surface area contributed by atoms with Gasteiger partial charge in [-0.1, -0.05) is 11.6 Å². The predicted octanol–water partition coefficient (Wildman–Crippen LogP) is 3.90. The number of carbonyl (C=O) groups is 1. The molecule has 1 aliphatic heterocycles. The molecule has 1 fully saturated rings. The van der Waals surface area contributed by atoms with Crippen LogP contribution < -0.4 is 9.64 Å². The molecule has 0 saturated carbocycles. The quantitative estimate of drug-likeness (QED) is 0.811. The van der Waals surface area contributed by atoms with Crippen LogP contribution in [0.4, 0.5) is 10.1 Å². The number of piperazine rings is 1. The standard InChI is InChI=1S/C20H22ClFN2O2/c1-14-13-16(21)3-8-19(14)26-15(2)20(25)24-11-9-23(10-12-24)18-6-4-17(22)5-7-18/h3-8,13,15H,9-12H2,1-2H3/t15-/m0/s1. The SMILES string of the molecule is Cc1cc(Cl)ccc1O[C@@H](C)C(=O)N1CCN(c2ccc(F)cc2)CC1. The topological polar surface area (TPSA) is 32.8 Å². The third-order valence-electron chi connectivity index (χ3n) is 4.57. The molecule has 0 aromatic heterocycles. The number of hydrogen-bond acceptors (Lipinski definition) is 3. The fourth-order valence-electron chi connectivity index (χ4n) is 3.08. The number of nitrogens with zero attached hydrogens (tertiary/aromatic N) is 2. The summed E-state index contributed by atoms with van der Waals surface area (Å²) >= 11 is 5.95. The van der Waals surface area contributed by atoms with Crippen LogP contribution in [0.2, 0.25) is 5.02 Å². The Morgan fingerprint density at radius 3 is 2.38 bits per heavy atom. The van der Waals surface area contributed by atoms with Gasteiger partial charge in [0.15, 0.2) is 6.10 Å². The molecule has 4 nitrogen and oxygen atoms in total. The fraction of sp³-hybridized carbons (Fsp3) is 0.350. The first-order valence-electron chi connectivity index (χ1n) is 8.66. The minimum atomic E-state index is -0.563. The minimum absolute atomic E-state index is 0.0295. The number of aryl methyl sites for hydroxylation is 1. The second-order valence-corrected chi connectivity index (χ2v) is 6.90. The Morgan fingerprint density at radius 2 is 1.77 bits per heavy atom. The van der Waals surface area contributed by atoms with Crippen molar-refractivity contribution in [1.82, 2.24) is 4.90 Å². The first-order valence-corrected chi connectivity index (χ1v) is 9.04. The van der Waals surface area contributed by atoms with Gasteiger partial charge in [-0.3, -0.25) is 4.79 Å². The molecule has 0 spiro atoms. The molecule has 1 amide bonds. The number of benzene rings is 2. The number of rotatable bonds is 4. The van der Waals surface area contributed by atoms with E-state index in [1.807, 2.05) is 17.9 Å². The highest BCUT2D eigenvalue weighted by atomic mass is 35.5. The van der Waals surface area contributed by atoms with Crippen molar-refractivity contribution in [2.75, 3.05) is 31.1 Å². The van der Waals surface area contributed by atoms with Crippen LogP contribution in [0.1, 0.15) is 12.5 Å². The van der Waals surface area contributed by atoms with Crippen molar-refractivity contribution < 1.29 is 13.9 Å². The highest BCUT2D eigenvalue weighted by Gasteiger charge is 2.26. The summed E-state index contributed by atoms with van der Waals surface area (Å²) in [5, 5.41) is 0.644. The molecule has 1 aliphatic rings. The number of carbonyl (C=O) groups excluding carboxylic acids is 1. The van der Waals surface area contributed by atoms with Gasteiger partial charge in [-0.25, -0.2) is 4.39 Å². The summed E-state index contributed by atoms with van der Waals surface area (Å²) in [4.78, 5) is 16.6. The molecular weight excluding hydrogens is 355 g/mol. The fourth-order valence-corrected chi connectivity index (χ4v) is 3.31. The molecule has 0 aliphatic carbocycles. The van der Waals surface area contributed by atoms with Crippen LogP contribution in [-0.2, 0) is 4.79 Å². The summed E-state index contributed by atoms with van der Waals surface area (Å²) in [7, 11) is 0. The van der Waals surface area contributed by atoms with Crippen LogP contribution in [0.15, 0.2) is 42.5 Å². The Bertz CT molecular complexity index is 774. The maximum Gasteiger partial charge on any atom is 0.263 e. The second-order valence-electron chi connectivity index (χ2n) is 6.46. The summed E-state index contributed by atoms with van der Waals surface area (Å²) in [6.45, 7) is 6.32. The van der Waals surface area contributed by atoms with Crippen molar-refractivity contribution in [3.8, 4) is 5.75 Å². The summed E-state index contributed by atoms with van der Waals surface area (Å²) in [6.07, 6.45) is -0.563. The first-order chi connectivity index (χ1) is 12.4. The smallest absolute Gasteiger partial charge is 0.263 e. The lowest BCUT2D eigenvalue weighted by atomic mass is 10.2. The molecule has 1 saturated heterocycles. The second kappa shape index (κ2) is 7.96. The van der Waals surface area contributed by atoms with E-state index in [-0.39, 0.29) is 11.7 Å². The number of halogens is 2. The van der Waals surface area contributed by atoms with E-state index in [4.69, 9.17) is 16.3 Å². The van der Waals surface area contributed by atoms with Crippen LogP contribution in [0.3, 0.4) is 0 Å². The largest absolute Gasteiger partial charge is 0.481 e. The maximum absolute atomic E-state index is 13.0. The van der Waals surface area contributed by atoms with Crippen LogP contribution in [0, 0.1) is 12.7 Å². The zero-order valence-electron chi connectivity index (χ0n) is 14.9. The highest BCUT2D eigenvalue weighted by molar-refractivity contribution is 6.30. The van der Waals surface area contributed by atoms with Crippen molar-refractivity contribution in [3.63, 3.8) is 0 Å². The number of hydrogen-bond donors (Lipinski definition) is 0. The molecular formula is C20H22ClFN2O2. The summed E-state index contributed by atoms with van der Waals surface area (Å²) in [5.41, 5.74) is 1.87. The number of ether oxygens (including phenoxy) is 1. The molecule has 0 N–H and O–H groups in total. The van der Waals surface area contributed by atoms with Crippen molar-refractivity contribution in [3.05, 3.63) is 58.9 Å². The zero-order valence-corrected chi connectivity index (χ0v) is 15.7. The van der Waals surface area contributed by atoms with Gasteiger partial charge in [0.2, 0.25) is 0 Å². The Morgan fingerprint density at radius 1 is 1.12 bits per heavy atom. The van der Waals surface area contributed by atoms with Gasteiger partial charge < -0.3 is 14.5 Å². The molecule has 6 heteroatoms. The van der Waals surface area contributed by atoms with E-state index < -0.39 is 6.10 Å². The summed E-state index contributed by atoms with van der Waals surface area (Å²) in [6, 6.07) is 11.8. The number of anilines is 1. The molecule has 3 rings (SSSR count). The van der Waals surface area contributed by atoms with Gasteiger partial charge in [-0.15, -0.1) is 0 Å². The summed E-state index contributed by atoms with van der Waals surface area (Å²) < 4.78 is 18.9. The van der Waals surface area contributed by atoms with E-state index in [2.05, 4.69) is 4.90 Å². The van der Waals surface area contributed by atoms with Crippen LogP contribution >= 0.6 is 11.6 Å². The monoisotopic (exact) mass is 376 g/mol. The van der Waals surface area contributed by atoms with E-state index in [9.17, 15) is 9.18 Å². The Kier molecular flexibility index (Phi) is 5.67. The van der Waals surface area contributed by atoms with Gasteiger partial charge in [0.05, 0.1) is 0 Å². The van der Waals surface area contributed by atoms with E-state index in [1.54, 1.807) is 31.2 Å². The van der Waals surface area contributed by atoms with Crippen LogP contribution in [0.25, 0.3) is 0 Å². The highest BCUT2D eigenvalue weighted by Crippen LogP contribution is 2.23. The molecule has 0 radical (unpaired) electrons. The maximum atomic E-state index is 13.0. The van der Waals surface area contributed by atoms with Gasteiger partial charge >= 0.3 is 0 Å². The average molecular weight is 377 g/mol. The molecule has 2 aromatic rings. The lowest BCUT2D eigenvalue weighted by Gasteiger charge is -2.37. The Hall–Kier alpha value is -2.27. The van der Waals surface area contributed by atoms with Crippen molar-refractivity contribution in [1.29, 1.82) is 0 Å². The third-order valence-corrected chi connectivity index (χ3v) is 4.81. The lowest BCUT2D eigenvalue weighted by Crippen LogP contribution is -2.52. The zero-order chi connectivity index (χ0) is 18.7. The lowest BCUT2D eigenvalue weighted by molar-refractivity contribution is -0.138. The predicted molar refractivity (Wildman–Crippen MR) is 101 cm³/mol. The van der Waals surface area contributed by atoms with Crippen molar-refractivity contribution in [2.45, 2.75) is 20.0 Å². The summed E-state index contributed by atoms with van der Waals surface area (Å²) in [5.74, 6) is 0.393. The van der Waals surface area contributed by atoms with Crippen molar-refractivity contribution >= 4 is 23.2 Å². The van der Waals surface area contributed by atoms with Gasteiger partial charge in [-0.2, -0.15) is 0 Å². The van der Waals surface area contributed by atoms with Gasteiger partial charge in [0.25, 0.3) is 5.91 Å². The molecule has 1 atom stereocenters. The molecule has 0 bridgehead atoms. The molecule has 26 heavy (non-hydrogen) atoms. The van der Waals surface area contributed by atoms with Crippen LogP contribution in [-0.4, -0.2) is 43.1 Å². The third kappa shape index (κ3) is 4.28. The van der Waals surface area contributed by atoms with Gasteiger partial charge in [0.1, 0.15) is 11.6 Å². The molecule has 1 heterocycles. The van der Waals surface area contributed by atoms with Gasteiger partial charge in [0, 0.05) is 36.9 Å². The minimum Gasteiger partial charge on any atom is -0.481 e. The van der Waals surface area contributed by atoms with Crippen LogP contribution in [0.5, 0.6) is 5.75 Å². The average Bonchev–Trinajstić information content (AvgIpc) is 2.64. The van der Waals surface area contributed by atoms with E-state index in [1.165, 1.54) is 12.1 Å². The van der Waals surface area contributed by atoms with E-state index in [0.29, 0.717) is 37.0 Å². The first kappa shape index (κ1) is 18.5. The number of amides is 1. The van der Waals surface area contributed by atoms with E-state index >= 15 is 0 Å². The molecule has 138 valence electrons. The normalized spacial score (nSPS) is 15.7. The Labute approximate surface area is 158 Å².